The van der Waals surface area contributed by atoms with Crippen molar-refractivity contribution in [3.8, 4) is 5.75 Å². The number of halogens is 1. The molecular weight excluding hydrogens is 428 g/mol. The van der Waals surface area contributed by atoms with E-state index in [1.54, 1.807) is 35.5 Å². The van der Waals surface area contributed by atoms with Crippen molar-refractivity contribution < 1.29 is 13.9 Å². The van der Waals surface area contributed by atoms with Gasteiger partial charge in [-0.25, -0.2) is 0 Å². The molecule has 1 atom stereocenters. The molecule has 5 rings (SSSR count). The Morgan fingerprint density at radius 3 is 2.78 bits per heavy atom. The summed E-state index contributed by atoms with van der Waals surface area (Å²) in [5.74, 6) is 0.380. The fourth-order valence-electron chi connectivity index (χ4n) is 4.13. The highest BCUT2D eigenvalue weighted by molar-refractivity contribution is 6.31. The minimum atomic E-state index is -0.627. The second-order valence-corrected chi connectivity index (χ2v) is 7.95. The van der Waals surface area contributed by atoms with Gasteiger partial charge in [0, 0.05) is 24.0 Å². The van der Waals surface area contributed by atoms with Gasteiger partial charge in [-0.1, -0.05) is 29.8 Å². The number of ether oxygens (including phenoxy) is 1. The Bertz CT molecular complexity index is 1380. The number of hydrogen-bond acceptors (Lipinski definition) is 5. The van der Waals surface area contributed by atoms with Gasteiger partial charge in [0.25, 0.3) is 5.91 Å². The van der Waals surface area contributed by atoms with E-state index in [0.717, 1.165) is 11.1 Å². The topological polar surface area (TPSA) is 72.6 Å². The lowest BCUT2D eigenvalue weighted by atomic mass is 9.98. The monoisotopic (exact) mass is 446 g/mol. The van der Waals surface area contributed by atoms with E-state index in [2.05, 4.69) is 4.98 Å². The van der Waals surface area contributed by atoms with Crippen LogP contribution in [0.3, 0.4) is 0 Å². The van der Waals surface area contributed by atoms with Crippen molar-refractivity contribution in [1.82, 2.24) is 9.88 Å². The molecule has 6 nitrogen and oxygen atoms in total. The van der Waals surface area contributed by atoms with E-state index < -0.39 is 6.04 Å². The van der Waals surface area contributed by atoms with Crippen LogP contribution in [0, 0.1) is 0 Å². The van der Waals surface area contributed by atoms with Crippen LogP contribution >= 0.6 is 11.6 Å². The third-order valence-electron chi connectivity index (χ3n) is 5.49. The number of benzene rings is 2. The van der Waals surface area contributed by atoms with Crippen LogP contribution in [0.2, 0.25) is 5.02 Å². The largest absolute Gasteiger partial charge is 0.494 e. The minimum Gasteiger partial charge on any atom is -0.494 e. The number of carbonyl (C=O) groups is 1. The summed E-state index contributed by atoms with van der Waals surface area (Å²) in [6.45, 7) is 2.69. The summed E-state index contributed by atoms with van der Waals surface area (Å²) in [5, 5.41) is 0.773. The molecule has 0 spiro atoms. The SMILES string of the molecule is CCOc1cccc(C2c3c(oc4ccc(Cl)cc4c3=O)C(=O)N2Cc2cccnc2)c1. The van der Waals surface area contributed by atoms with E-state index in [4.69, 9.17) is 20.8 Å². The molecule has 0 N–H and O–H groups in total. The highest BCUT2D eigenvalue weighted by Gasteiger charge is 2.42. The van der Waals surface area contributed by atoms with Crippen molar-refractivity contribution in [3.63, 3.8) is 0 Å². The first kappa shape index (κ1) is 20.3. The summed E-state index contributed by atoms with van der Waals surface area (Å²) in [6, 6.07) is 15.3. The van der Waals surface area contributed by atoms with Crippen LogP contribution in [0.25, 0.3) is 11.0 Å². The van der Waals surface area contributed by atoms with E-state index in [0.29, 0.717) is 33.9 Å². The standard InChI is InChI=1S/C25H19ClN2O4/c1-2-31-18-7-3-6-16(11-18)22-21-23(29)19-12-17(26)8-9-20(19)32-24(21)25(30)28(22)14-15-5-4-10-27-13-15/h3-13,22H,2,14H2,1H3. The Morgan fingerprint density at radius 2 is 2.00 bits per heavy atom. The van der Waals surface area contributed by atoms with E-state index in [1.165, 1.54) is 0 Å². The third-order valence-corrected chi connectivity index (χ3v) is 5.72. The smallest absolute Gasteiger partial charge is 0.291 e. The summed E-state index contributed by atoms with van der Waals surface area (Å²) in [6.07, 6.45) is 3.38. The molecule has 3 heterocycles. The molecule has 160 valence electrons. The molecule has 0 fully saturated rings. The van der Waals surface area contributed by atoms with Gasteiger partial charge < -0.3 is 14.1 Å². The maximum Gasteiger partial charge on any atom is 0.291 e. The zero-order valence-electron chi connectivity index (χ0n) is 17.2. The fourth-order valence-corrected chi connectivity index (χ4v) is 4.30. The molecule has 0 saturated carbocycles. The lowest BCUT2D eigenvalue weighted by Gasteiger charge is -2.25. The van der Waals surface area contributed by atoms with Gasteiger partial charge in [0.1, 0.15) is 11.3 Å². The van der Waals surface area contributed by atoms with Crippen molar-refractivity contribution in [2.24, 2.45) is 0 Å². The van der Waals surface area contributed by atoms with Crippen molar-refractivity contribution in [1.29, 1.82) is 0 Å². The Morgan fingerprint density at radius 1 is 1.12 bits per heavy atom. The van der Waals surface area contributed by atoms with Crippen molar-refractivity contribution in [3.05, 3.63) is 105 Å². The van der Waals surface area contributed by atoms with Crippen LogP contribution in [0.1, 0.15) is 40.2 Å². The molecule has 1 aliphatic rings. The molecule has 0 saturated heterocycles. The molecule has 4 aromatic rings. The van der Waals surface area contributed by atoms with Crippen LogP contribution in [-0.2, 0) is 6.54 Å². The lowest BCUT2D eigenvalue weighted by molar-refractivity contribution is 0.0714. The van der Waals surface area contributed by atoms with E-state index >= 15 is 0 Å². The molecule has 2 aromatic heterocycles. The molecule has 1 aliphatic heterocycles. The quantitative estimate of drug-likeness (QED) is 0.432. The average molecular weight is 447 g/mol. The first-order valence-electron chi connectivity index (χ1n) is 10.3. The van der Waals surface area contributed by atoms with Gasteiger partial charge in [-0.2, -0.15) is 0 Å². The molecule has 1 amide bonds. The van der Waals surface area contributed by atoms with Crippen molar-refractivity contribution in [2.45, 2.75) is 19.5 Å². The highest BCUT2D eigenvalue weighted by Crippen LogP contribution is 2.40. The number of rotatable bonds is 5. The Balaban J connectivity index is 1.72. The van der Waals surface area contributed by atoms with Gasteiger partial charge in [-0.15, -0.1) is 0 Å². The first-order valence-corrected chi connectivity index (χ1v) is 10.6. The molecule has 7 heteroatoms. The van der Waals surface area contributed by atoms with Gasteiger partial charge in [-0.3, -0.25) is 14.6 Å². The predicted molar refractivity (Wildman–Crippen MR) is 121 cm³/mol. The van der Waals surface area contributed by atoms with Gasteiger partial charge in [-0.05, 0) is 54.4 Å². The minimum absolute atomic E-state index is 0.0560. The van der Waals surface area contributed by atoms with E-state index in [1.807, 2.05) is 43.3 Å². The number of carbonyl (C=O) groups excluding carboxylic acids is 1. The Labute approximate surface area is 189 Å². The maximum absolute atomic E-state index is 13.6. The fraction of sp³-hybridized carbons (Fsp3) is 0.160. The number of nitrogens with zero attached hydrogens (tertiary/aromatic N) is 2. The maximum atomic E-state index is 13.6. The zero-order valence-corrected chi connectivity index (χ0v) is 18.0. The van der Waals surface area contributed by atoms with Crippen LogP contribution in [0.5, 0.6) is 5.75 Å². The van der Waals surface area contributed by atoms with Crippen LogP contribution < -0.4 is 10.2 Å². The number of amides is 1. The number of hydrogen-bond donors (Lipinski definition) is 0. The second-order valence-electron chi connectivity index (χ2n) is 7.52. The van der Waals surface area contributed by atoms with E-state index in [9.17, 15) is 9.59 Å². The highest BCUT2D eigenvalue weighted by atomic mass is 35.5. The van der Waals surface area contributed by atoms with Crippen molar-refractivity contribution in [2.75, 3.05) is 6.61 Å². The second kappa shape index (κ2) is 8.13. The Kier molecular flexibility index (Phi) is 5.15. The molecule has 0 bridgehead atoms. The third kappa shape index (κ3) is 3.42. The summed E-state index contributed by atoms with van der Waals surface area (Å²) >= 11 is 6.13. The summed E-state index contributed by atoms with van der Waals surface area (Å²) in [4.78, 5) is 32.8. The van der Waals surface area contributed by atoms with Crippen LogP contribution in [-0.4, -0.2) is 22.4 Å². The summed E-state index contributed by atoms with van der Waals surface area (Å²) in [7, 11) is 0. The molecule has 1 unspecified atom stereocenters. The van der Waals surface area contributed by atoms with Gasteiger partial charge in [0.2, 0.25) is 5.76 Å². The van der Waals surface area contributed by atoms with Gasteiger partial charge in [0.05, 0.1) is 23.6 Å². The normalized spacial score (nSPS) is 15.2. The molecule has 0 radical (unpaired) electrons. The number of pyridine rings is 1. The van der Waals surface area contributed by atoms with Crippen molar-refractivity contribution >= 4 is 28.5 Å². The van der Waals surface area contributed by atoms with E-state index in [-0.39, 0.29) is 23.6 Å². The average Bonchev–Trinajstić information content (AvgIpc) is 3.07. The number of aromatic nitrogens is 1. The first-order chi connectivity index (χ1) is 15.6. The summed E-state index contributed by atoms with van der Waals surface area (Å²) in [5.41, 5.74) is 1.98. The lowest BCUT2D eigenvalue weighted by Crippen LogP contribution is -2.29. The zero-order chi connectivity index (χ0) is 22.2. The number of fused-ring (bicyclic) bond motifs is 2. The Hall–Kier alpha value is -3.64. The van der Waals surface area contributed by atoms with Crippen LogP contribution in [0.15, 0.2) is 76.2 Å². The molecule has 32 heavy (non-hydrogen) atoms. The van der Waals surface area contributed by atoms with Gasteiger partial charge in [0.15, 0.2) is 5.43 Å². The van der Waals surface area contributed by atoms with Crippen LogP contribution in [0.4, 0.5) is 0 Å². The van der Waals surface area contributed by atoms with Gasteiger partial charge >= 0.3 is 0 Å². The predicted octanol–water partition coefficient (Wildman–Crippen LogP) is 4.99. The molecule has 2 aromatic carbocycles. The molecule has 0 aliphatic carbocycles. The molecular formula is C25H19ClN2O4. The summed E-state index contributed by atoms with van der Waals surface area (Å²) < 4.78 is 11.6.